The van der Waals surface area contributed by atoms with Crippen molar-refractivity contribution in [2.45, 2.75) is 18.9 Å². The number of carbonyl (C=O) groups is 2. The smallest absolute Gasteiger partial charge is 0.255 e. The van der Waals surface area contributed by atoms with E-state index in [-0.39, 0.29) is 11.8 Å². The van der Waals surface area contributed by atoms with Crippen LogP contribution in [0.1, 0.15) is 33.6 Å². The Kier molecular flexibility index (Phi) is 4.42. The standard InChI is InChI=1S/C19H17ClN2O4/c20-15-9-12(10-16-17(15)26-8-7-25-16)19(24)22-13-3-1-11(2-4-13)18(23)21-14-5-6-14/h1-4,9-10,14H,5-8H2,(H,21,23)(H,22,24). The number of ether oxygens (including phenoxy) is 2. The number of anilines is 1. The summed E-state index contributed by atoms with van der Waals surface area (Å²) in [6.07, 6.45) is 2.08. The van der Waals surface area contributed by atoms with Crippen LogP contribution in [0.25, 0.3) is 0 Å². The lowest BCUT2D eigenvalue weighted by molar-refractivity contribution is 0.0950. The van der Waals surface area contributed by atoms with Gasteiger partial charge >= 0.3 is 0 Å². The summed E-state index contributed by atoms with van der Waals surface area (Å²) < 4.78 is 10.9. The molecule has 1 aliphatic carbocycles. The van der Waals surface area contributed by atoms with Crippen molar-refractivity contribution in [3.05, 3.63) is 52.5 Å². The van der Waals surface area contributed by atoms with Crippen LogP contribution in [-0.4, -0.2) is 31.1 Å². The highest BCUT2D eigenvalue weighted by Gasteiger charge is 2.24. The minimum absolute atomic E-state index is 0.0935. The molecule has 4 rings (SSSR count). The van der Waals surface area contributed by atoms with Gasteiger partial charge in [-0.1, -0.05) is 11.6 Å². The van der Waals surface area contributed by atoms with Gasteiger partial charge in [0.2, 0.25) is 0 Å². The van der Waals surface area contributed by atoms with Crippen molar-refractivity contribution in [1.82, 2.24) is 5.32 Å². The van der Waals surface area contributed by atoms with Crippen LogP contribution in [0.15, 0.2) is 36.4 Å². The quantitative estimate of drug-likeness (QED) is 0.863. The van der Waals surface area contributed by atoms with E-state index in [0.29, 0.717) is 52.6 Å². The zero-order chi connectivity index (χ0) is 18.1. The Hall–Kier alpha value is -2.73. The lowest BCUT2D eigenvalue weighted by atomic mass is 10.1. The topological polar surface area (TPSA) is 76.7 Å². The first-order valence-electron chi connectivity index (χ1n) is 8.41. The highest BCUT2D eigenvalue weighted by atomic mass is 35.5. The Morgan fingerprint density at radius 3 is 2.42 bits per heavy atom. The van der Waals surface area contributed by atoms with Gasteiger partial charge in [0, 0.05) is 22.9 Å². The van der Waals surface area contributed by atoms with Crippen LogP contribution >= 0.6 is 11.6 Å². The van der Waals surface area contributed by atoms with Gasteiger partial charge in [-0.25, -0.2) is 0 Å². The highest BCUT2D eigenvalue weighted by molar-refractivity contribution is 6.32. The van der Waals surface area contributed by atoms with Crippen molar-refractivity contribution in [3.63, 3.8) is 0 Å². The largest absolute Gasteiger partial charge is 0.486 e. The van der Waals surface area contributed by atoms with E-state index in [1.807, 2.05) is 0 Å². The summed E-state index contributed by atoms with van der Waals surface area (Å²) in [5, 5.41) is 6.04. The molecule has 0 saturated heterocycles. The van der Waals surface area contributed by atoms with Crippen molar-refractivity contribution in [3.8, 4) is 11.5 Å². The van der Waals surface area contributed by atoms with Crippen LogP contribution in [0, 0.1) is 0 Å². The van der Waals surface area contributed by atoms with E-state index in [0.717, 1.165) is 12.8 Å². The van der Waals surface area contributed by atoms with E-state index in [1.165, 1.54) is 0 Å². The van der Waals surface area contributed by atoms with Crippen molar-refractivity contribution in [1.29, 1.82) is 0 Å². The van der Waals surface area contributed by atoms with Crippen LogP contribution in [0.2, 0.25) is 5.02 Å². The van der Waals surface area contributed by atoms with Crippen LogP contribution in [-0.2, 0) is 0 Å². The third-order valence-electron chi connectivity index (χ3n) is 4.18. The Morgan fingerprint density at radius 2 is 1.69 bits per heavy atom. The van der Waals surface area contributed by atoms with Crippen LogP contribution in [0.5, 0.6) is 11.5 Å². The second kappa shape index (κ2) is 6.88. The molecular weight excluding hydrogens is 356 g/mol. The molecule has 2 amide bonds. The average Bonchev–Trinajstić information content (AvgIpc) is 3.46. The number of rotatable bonds is 4. The molecule has 2 N–H and O–H groups in total. The maximum atomic E-state index is 12.5. The first kappa shape index (κ1) is 16.7. The van der Waals surface area contributed by atoms with Crippen molar-refractivity contribution in [2.75, 3.05) is 18.5 Å². The van der Waals surface area contributed by atoms with Crippen LogP contribution < -0.4 is 20.1 Å². The Balaban J connectivity index is 1.46. The number of benzene rings is 2. The number of carbonyl (C=O) groups excluding carboxylic acids is 2. The van der Waals surface area contributed by atoms with Gasteiger partial charge in [-0.15, -0.1) is 0 Å². The summed E-state index contributed by atoms with van der Waals surface area (Å²) in [5.41, 5.74) is 1.52. The van der Waals surface area contributed by atoms with Gasteiger partial charge in [-0.05, 0) is 49.2 Å². The zero-order valence-corrected chi connectivity index (χ0v) is 14.6. The molecule has 1 heterocycles. The van der Waals surface area contributed by atoms with Crippen molar-refractivity contribution in [2.24, 2.45) is 0 Å². The van der Waals surface area contributed by atoms with E-state index in [4.69, 9.17) is 21.1 Å². The van der Waals surface area contributed by atoms with Gasteiger partial charge in [0.1, 0.15) is 13.2 Å². The fraction of sp³-hybridized carbons (Fsp3) is 0.263. The number of amides is 2. The molecule has 0 unspecified atom stereocenters. The lowest BCUT2D eigenvalue weighted by Gasteiger charge is -2.20. The summed E-state index contributed by atoms with van der Waals surface area (Å²) >= 11 is 6.17. The Morgan fingerprint density at radius 1 is 0.962 bits per heavy atom. The summed E-state index contributed by atoms with van der Waals surface area (Å²) in [7, 11) is 0. The van der Waals surface area contributed by atoms with Gasteiger partial charge in [-0.2, -0.15) is 0 Å². The Labute approximate surface area is 155 Å². The third-order valence-corrected chi connectivity index (χ3v) is 4.46. The molecule has 0 bridgehead atoms. The second-order valence-corrected chi connectivity index (χ2v) is 6.67. The van der Waals surface area contributed by atoms with E-state index >= 15 is 0 Å². The number of hydrogen-bond donors (Lipinski definition) is 2. The van der Waals surface area contributed by atoms with E-state index in [2.05, 4.69) is 10.6 Å². The van der Waals surface area contributed by atoms with Gasteiger partial charge in [0.15, 0.2) is 11.5 Å². The molecular formula is C19H17ClN2O4. The molecule has 7 heteroatoms. The molecule has 6 nitrogen and oxygen atoms in total. The molecule has 2 aromatic rings. The fourth-order valence-corrected chi connectivity index (χ4v) is 2.91. The molecule has 2 aromatic carbocycles. The molecule has 1 fully saturated rings. The molecule has 0 aromatic heterocycles. The second-order valence-electron chi connectivity index (χ2n) is 6.26. The molecule has 0 atom stereocenters. The maximum Gasteiger partial charge on any atom is 0.255 e. The van der Waals surface area contributed by atoms with Gasteiger partial charge < -0.3 is 20.1 Å². The summed E-state index contributed by atoms with van der Waals surface area (Å²) in [5.74, 6) is 0.504. The molecule has 26 heavy (non-hydrogen) atoms. The summed E-state index contributed by atoms with van der Waals surface area (Å²) in [6.45, 7) is 0.845. The molecule has 134 valence electrons. The first-order valence-corrected chi connectivity index (χ1v) is 8.79. The van der Waals surface area contributed by atoms with Crippen molar-refractivity contribution < 1.29 is 19.1 Å². The van der Waals surface area contributed by atoms with Crippen molar-refractivity contribution >= 4 is 29.1 Å². The normalized spacial score (nSPS) is 15.3. The SMILES string of the molecule is O=C(Nc1ccc(C(=O)NC2CC2)cc1)c1cc(Cl)c2c(c1)OCCO2. The highest BCUT2D eigenvalue weighted by Crippen LogP contribution is 2.38. The predicted octanol–water partition coefficient (Wildman–Crippen LogP) is 3.26. The number of halogens is 1. The summed E-state index contributed by atoms with van der Waals surface area (Å²) in [4.78, 5) is 24.5. The minimum Gasteiger partial charge on any atom is -0.486 e. The maximum absolute atomic E-state index is 12.5. The molecule has 0 spiro atoms. The number of hydrogen-bond acceptors (Lipinski definition) is 4. The minimum atomic E-state index is -0.320. The first-order chi connectivity index (χ1) is 12.6. The molecule has 2 aliphatic rings. The average molecular weight is 373 g/mol. The van der Waals surface area contributed by atoms with Gasteiger partial charge in [0.25, 0.3) is 11.8 Å². The van der Waals surface area contributed by atoms with Gasteiger partial charge in [0.05, 0.1) is 5.02 Å². The lowest BCUT2D eigenvalue weighted by Crippen LogP contribution is -2.25. The number of fused-ring (bicyclic) bond motifs is 1. The monoisotopic (exact) mass is 372 g/mol. The zero-order valence-electron chi connectivity index (χ0n) is 13.9. The molecule has 1 aliphatic heterocycles. The van der Waals surface area contributed by atoms with Gasteiger partial charge in [-0.3, -0.25) is 9.59 Å². The summed E-state index contributed by atoms with van der Waals surface area (Å²) in [6, 6.07) is 10.2. The van der Waals surface area contributed by atoms with E-state index in [1.54, 1.807) is 36.4 Å². The fourth-order valence-electron chi connectivity index (χ4n) is 2.65. The predicted molar refractivity (Wildman–Crippen MR) is 97.3 cm³/mol. The molecule has 1 saturated carbocycles. The number of nitrogens with one attached hydrogen (secondary N) is 2. The molecule has 0 radical (unpaired) electrons. The van der Waals surface area contributed by atoms with E-state index < -0.39 is 0 Å². The third kappa shape index (κ3) is 3.60. The van der Waals surface area contributed by atoms with E-state index in [9.17, 15) is 9.59 Å². The Bertz CT molecular complexity index is 863. The van der Waals surface area contributed by atoms with Crippen LogP contribution in [0.4, 0.5) is 5.69 Å². The van der Waals surface area contributed by atoms with Crippen LogP contribution in [0.3, 0.4) is 0 Å².